The SMILES string of the molecule is CCCCNS(=O)(=O)c1ccc(OCC(=O)Nc2ccc(CC)cc2)cc1. The average Bonchev–Trinajstić information content (AvgIpc) is 2.67. The number of anilines is 1. The smallest absolute Gasteiger partial charge is 0.262 e. The standard InChI is InChI=1S/C20H26N2O4S/c1-3-5-14-21-27(24,25)19-12-10-18(11-13-19)26-15-20(23)22-17-8-6-16(4-2)7-9-17/h6-13,21H,3-5,14-15H2,1-2H3,(H,22,23). The third kappa shape index (κ3) is 6.69. The lowest BCUT2D eigenvalue weighted by molar-refractivity contribution is -0.118. The van der Waals surface area contributed by atoms with E-state index < -0.39 is 10.0 Å². The van der Waals surface area contributed by atoms with Crippen molar-refractivity contribution in [1.82, 2.24) is 4.72 Å². The second-order valence-corrected chi connectivity index (χ2v) is 7.88. The Hall–Kier alpha value is -2.38. The Bertz CT molecular complexity index is 831. The Morgan fingerprint density at radius 1 is 1.00 bits per heavy atom. The predicted octanol–water partition coefficient (Wildman–Crippen LogP) is 3.34. The number of benzene rings is 2. The number of aryl methyl sites for hydroxylation is 1. The molecule has 2 aromatic carbocycles. The van der Waals surface area contributed by atoms with Gasteiger partial charge >= 0.3 is 0 Å². The Labute approximate surface area is 161 Å². The molecule has 1 amide bonds. The average molecular weight is 391 g/mol. The zero-order chi connectivity index (χ0) is 19.7. The second-order valence-electron chi connectivity index (χ2n) is 6.11. The highest BCUT2D eigenvalue weighted by molar-refractivity contribution is 7.89. The van der Waals surface area contributed by atoms with Crippen LogP contribution in [-0.4, -0.2) is 27.5 Å². The highest BCUT2D eigenvalue weighted by atomic mass is 32.2. The van der Waals surface area contributed by atoms with Gasteiger partial charge in [-0.25, -0.2) is 13.1 Å². The summed E-state index contributed by atoms with van der Waals surface area (Å²) in [4.78, 5) is 12.1. The van der Waals surface area contributed by atoms with Crippen molar-refractivity contribution in [2.45, 2.75) is 38.0 Å². The molecule has 2 N–H and O–H groups in total. The highest BCUT2D eigenvalue weighted by Gasteiger charge is 2.13. The summed E-state index contributed by atoms with van der Waals surface area (Å²) in [6.07, 6.45) is 2.65. The lowest BCUT2D eigenvalue weighted by Crippen LogP contribution is -2.24. The van der Waals surface area contributed by atoms with Gasteiger partial charge in [0.2, 0.25) is 10.0 Å². The number of unbranched alkanes of at least 4 members (excludes halogenated alkanes) is 1. The third-order valence-electron chi connectivity index (χ3n) is 3.97. The van der Waals surface area contributed by atoms with Crippen LogP contribution in [-0.2, 0) is 21.2 Å². The van der Waals surface area contributed by atoms with Crippen molar-refractivity contribution in [3.63, 3.8) is 0 Å². The number of rotatable bonds is 10. The summed E-state index contributed by atoms with van der Waals surface area (Å²) in [6.45, 7) is 4.32. The summed E-state index contributed by atoms with van der Waals surface area (Å²) in [7, 11) is -3.51. The predicted molar refractivity (Wildman–Crippen MR) is 106 cm³/mol. The molecule has 0 aliphatic heterocycles. The van der Waals surface area contributed by atoms with E-state index in [0.29, 0.717) is 18.0 Å². The van der Waals surface area contributed by atoms with Crippen LogP contribution >= 0.6 is 0 Å². The molecule has 0 aliphatic carbocycles. The maximum atomic E-state index is 12.1. The molecule has 0 unspecified atom stereocenters. The quantitative estimate of drug-likeness (QED) is 0.610. The fourth-order valence-electron chi connectivity index (χ4n) is 2.35. The number of carbonyl (C=O) groups is 1. The molecule has 0 fully saturated rings. The fraction of sp³-hybridized carbons (Fsp3) is 0.350. The molecule has 7 heteroatoms. The van der Waals surface area contributed by atoms with Gasteiger partial charge in [0.05, 0.1) is 4.90 Å². The molecule has 0 saturated heterocycles. The molecule has 0 bridgehead atoms. The zero-order valence-electron chi connectivity index (χ0n) is 15.7. The van der Waals surface area contributed by atoms with E-state index >= 15 is 0 Å². The van der Waals surface area contributed by atoms with E-state index in [1.54, 1.807) is 0 Å². The largest absolute Gasteiger partial charge is 0.484 e. The minimum absolute atomic E-state index is 0.156. The zero-order valence-corrected chi connectivity index (χ0v) is 16.5. The van der Waals surface area contributed by atoms with Crippen molar-refractivity contribution in [2.75, 3.05) is 18.5 Å². The van der Waals surface area contributed by atoms with E-state index in [-0.39, 0.29) is 17.4 Å². The van der Waals surface area contributed by atoms with Crippen LogP contribution in [0.3, 0.4) is 0 Å². The first-order chi connectivity index (χ1) is 12.9. The van der Waals surface area contributed by atoms with Crippen molar-refractivity contribution in [1.29, 1.82) is 0 Å². The van der Waals surface area contributed by atoms with Crippen molar-refractivity contribution < 1.29 is 17.9 Å². The lowest BCUT2D eigenvalue weighted by atomic mass is 10.1. The minimum Gasteiger partial charge on any atom is -0.484 e. The summed E-state index contributed by atoms with van der Waals surface area (Å²) in [5.74, 6) is 0.149. The Balaban J connectivity index is 1.85. The van der Waals surface area contributed by atoms with E-state index in [1.807, 2.05) is 31.2 Å². The Kier molecular flexibility index (Phi) is 7.82. The van der Waals surface area contributed by atoms with Crippen molar-refractivity contribution in [3.05, 3.63) is 54.1 Å². The molecule has 0 aliphatic rings. The molecular formula is C20H26N2O4S. The normalized spacial score (nSPS) is 11.2. The molecule has 2 rings (SSSR count). The molecule has 146 valence electrons. The van der Waals surface area contributed by atoms with Crippen molar-refractivity contribution >= 4 is 21.6 Å². The van der Waals surface area contributed by atoms with Crippen LogP contribution < -0.4 is 14.8 Å². The Morgan fingerprint density at radius 3 is 2.26 bits per heavy atom. The maximum absolute atomic E-state index is 12.1. The van der Waals surface area contributed by atoms with Crippen LogP contribution in [0, 0.1) is 0 Å². The van der Waals surface area contributed by atoms with Gasteiger partial charge in [-0.05, 0) is 54.8 Å². The van der Waals surface area contributed by atoms with Gasteiger partial charge in [-0.2, -0.15) is 0 Å². The first-order valence-corrected chi connectivity index (χ1v) is 10.5. The number of amides is 1. The van der Waals surface area contributed by atoms with Crippen LogP contribution in [0.5, 0.6) is 5.75 Å². The summed E-state index contributed by atoms with van der Waals surface area (Å²) >= 11 is 0. The molecule has 0 heterocycles. The topological polar surface area (TPSA) is 84.5 Å². The number of hydrogen-bond acceptors (Lipinski definition) is 4. The monoisotopic (exact) mass is 390 g/mol. The number of sulfonamides is 1. The van der Waals surface area contributed by atoms with Gasteiger partial charge in [-0.15, -0.1) is 0 Å². The van der Waals surface area contributed by atoms with Gasteiger partial charge < -0.3 is 10.1 Å². The van der Waals surface area contributed by atoms with Gasteiger partial charge in [-0.3, -0.25) is 4.79 Å². The second kappa shape index (κ2) is 10.1. The maximum Gasteiger partial charge on any atom is 0.262 e. The molecular weight excluding hydrogens is 364 g/mol. The molecule has 27 heavy (non-hydrogen) atoms. The number of carbonyl (C=O) groups excluding carboxylic acids is 1. The summed E-state index contributed by atoms with van der Waals surface area (Å²) in [5, 5.41) is 2.76. The van der Waals surface area contributed by atoms with E-state index in [4.69, 9.17) is 4.74 Å². The van der Waals surface area contributed by atoms with E-state index in [2.05, 4.69) is 17.0 Å². The van der Waals surface area contributed by atoms with Crippen LogP contribution in [0.2, 0.25) is 0 Å². The molecule has 0 saturated carbocycles. The highest BCUT2D eigenvalue weighted by Crippen LogP contribution is 2.16. The van der Waals surface area contributed by atoms with E-state index in [0.717, 1.165) is 19.3 Å². The molecule has 0 spiro atoms. The first-order valence-electron chi connectivity index (χ1n) is 9.06. The van der Waals surface area contributed by atoms with Crippen molar-refractivity contribution in [3.8, 4) is 5.75 Å². The lowest BCUT2D eigenvalue weighted by Gasteiger charge is -2.09. The number of ether oxygens (including phenoxy) is 1. The summed E-state index contributed by atoms with van der Waals surface area (Å²) in [6, 6.07) is 13.6. The Morgan fingerprint density at radius 2 is 1.67 bits per heavy atom. The first kappa shape index (κ1) is 20.9. The van der Waals surface area contributed by atoms with Crippen LogP contribution in [0.1, 0.15) is 32.3 Å². The molecule has 2 aromatic rings. The molecule has 0 radical (unpaired) electrons. The minimum atomic E-state index is -3.51. The van der Waals surface area contributed by atoms with Gasteiger partial charge in [0.25, 0.3) is 5.91 Å². The van der Waals surface area contributed by atoms with Crippen LogP contribution in [0.4, 0.5) is 5.69 Å². The summed E-state index contributed by atoms with van der Waals surface area (Å²) in [5.41, 5.74) is 1.91. The van der Waals surface area contributed by atoms with E-state index in [1.165, 1.54) is 29.8 Å². The third-order valence-corrected chi connectivity index (χ3v) is 5.45. The van der Waals surface area contributed by atoms with Gasteiger partial charge in [0.15, 0.2) is 6.61 Å². The van der Waals surface area contributed by atoms with Crippen LogP contribution in [0.25, 0.3) is 0 Å². The number of hydrogen-bond donors (Lipinski definition) is 2. The number of nitrogens with one attached hydrogen (secondary N) is 2. The molecule has 6 nitrogen and oxygen atoms in total. The molecule has 0 aromatic heterocycles. The van der Waals surface area contributed by atoms with E-state index in [9.17, 15) is 13.2 Å². The summed E-state index contributed by atoms with van der Waals surface area (Å²) < 4.78 is 32.2. The van der Waals surface area contributed by atoms with Crippen LogP contribution in [0.15, 0.2) is 53.4 Å². The van der Waals surface area contributed by atoms with Crippen molar-refractivity contribution in [2.24, 2.45) is 0 Å². The fourth-order valence-corrected chi connectivity index (χ4v) is 3.43. The molecule has 0 atom stereocenters. The van der Waals surface area contributed by atoms with Gasteiger partial charge in [0, 0.05) is 12.2 Å². The van der Waals surface area contributed by atoms with Gasteiger partial charge in [-0.1, -0.05) is 32.4 Å². The van der Waals surface area contributed by atoms with Gasteiger partial charge in [0.1, 0.15) is 5.75 Å².